The van der Waals surface area contributed by atoms with E-state index >= 15 is 0 Å². The Kier molecular flexibility index (Phi) is 12.3. The highest BCUT2D eigenvalue weighted by Gasteiger charge is 2.38. The molecule has 45 heavy (non-hydrogen) atoms. The first kappa shape index (κ1) is 33.8. The van der Waals surface area contributed by atoms with Crippen LogP contribution in [0.1, 0.15) is 76.2 Å². The van der Waals surface area contributed by atoms with Crippen molar-refractivity contribution in [1.82, 2.24) is 10.3 Å². The van der Waals surface area contributed by atoms with Crippen molar-refractivity contribution in [2.24, 2.45) is 5.92 Å². The zero-order chi connectivity index (χ0) is 32.3. The molecule has 1 saturated carbocycles. The number of pyridine rings is 1. The van der Waals surface area contributed by atoms with Gasteiger partial charge in [0.05, 0.1) is 26.2 Å². The summed E-state index contributed by atoms with van der Waals surface area (Å²) in [4.78, 5) is 43.0. The number of rotatable bonds is 12. The number of nitrogens with zero attached hydrogens (tertiary/aromatic N) is 1. The molecule has 0 radical (unpaired) electrons. The second kappa shape index (κ2) is 16.3. The fourth-order valence-corrected chi connectivity index (χ4v) is 5.40. The number of cyclic esters (lactones) is 1. The average Bonchev–Trinajstić information content (AvgIpc) is 3.56. The Morgan fingerprint density at radius 3 is 2.36 bits per heavy atom. The number of nitrogens with one attached hydrogen (secondary N) is 1. The first-order valence-corrected chi connectivity index (χ1v) is 15.5. The number of aromatic nitrogens is 1. The third-order valence-corrected chi connectivity index (χ3v) is 7.88. The van der Waals surface area contributed by atoms with Gasteiger partial charge in [0.2, 0.25) is 6.79 Å². The van der Waals surface area contributed by atoms with Gasteiger partial charge < -0.3 is 38.5 Å². The average molecular weight is 629 g/mol. The van der Waals surface area contributed by atoms with Gasteiger partial charge in [0, 0.05) is 12.3 Å². The minimum atomic E-state index is -0.966. The number of carbonyl (C=O) groups is 3. The zero-order valence-corrected chi connectivity index (χ0v) is 26.6. The van der Waals surface area contributed by atoms with E-state index in [0.29, 0.717) is 30.8 Å². The molecule has 1 aliphatic carbocycles. The molecule has 2 aromatic rings. The summed E-state index contributed by atoms with van der Waals surface area (Å²) in [6.45, 7) is 4.74. The minimum Gasteiger partial charge on any atom is -0.497 e. The van der Waals surface area contributed by atoms with Crippen molar-refractivity contribution in [3.05, 3.63) is 42.2 Å². The number of methoxy groups -OCH3 is 2. The predicted molar refractivity (Wildman–Crippen MR) is 162 cm³/mol. The lowest BCUT2D eigenvalue weighted by molar-refractivity contribution is -0.168. The van der Waals surface area contributed by atoms with Crippen LogP contribution in [0.3, 0.4) is 0 Å². The molecule has 0 spiro atoms. The lowest BCUT2D eigenvalue weighted by Gasteiger charge is -2.33. The van der Waals surface area contributed by atoms with Crippen LogP contribution in [-0.2, 0) is 23.8 Å². The maximum atomic E-state index is 13.5. The summed E-state index contributed by atoms with van der Waals surface area (Å²) in [7, 11) is 3.02. The summed E-state index contributed by atoms with van der Waals surface area (Å²) < 4.78 is 40.2. The Bertz CT molecular complexity index is 1280. The summed E-state index contributed by atoms with van der Waals surface area (Å²) in [5.74, 6) is -0.506. The van der Waals surface area contributed by atoms with Gasteiger partial charge in [-0.3, -0.25) is 9.59 Å². The number of hydrogen-bond acceptors (Lipinski definition) is 11. The first-order chi connectivity index (χ1) is 21.7. The maximum Gasteiger partial charge on any atom is 0.329 e. The summed E-state index contributed by atoms with van der Waals surface area (Å²) in [6, 6.07) is 7.87. The molecular weight excluding hydrogens is 584 g/mol. The molecule has 2 aliphatic rings. The van der Waals surface area contributed by atoms with Crippen LogP contribution < -0.4 is 24.3 Å². The number of hydrogen-bond donors (Lipinski definition) is 1. The van der Waals surface area contributed by atoms with Gasteiger partial charge in [0.1, 0.15) is 35.9 Å². The number of carbonyl (C=O) groups excluding carboxylic acids is 3. The number of esters is 2. The topological polar surface area (TPSA) is 141 Å². The van der Waals surface area contributed by atoms with Crippen LogP contribution in [0.5, 0.6) is 23.0 Å². The fourth-order valence-electron chi connectivity index (χ4n) is 5.40. The molecule has 12 nitrogen and oxygen atoms in total. The van der Waals surface area contributed by atoms with Gasteiger partial charge in [-0.25, -0.2) is 9.78 Å². The summed E-state index contributed by atoms with van der Waals surface area (Å²) in [5, 5.41) is 2.76. The highest BCUT2D eigenvalue weighted by atomic mass is 16.7. The highest BCUT2D eigenvalue weighted by molar-refractivity contribution is 5.98. The molecule has 12 heteroatoms. The Hall–Kier alpha value is -4.06. The van der Waals surface area contributed by atoms with Crippen molar-refractivity contribution in [3.63, 3.8) is 0 Å². The van der Waals surface area contributed by atoms with Gasteiger partial charge in [-0.1, -0.05) is 26.7 Å². The van der Waals surface area contributed by atoms with Crippen molar-refractivity contribution in [2.75, 3.05) is 21.0 Å². The third kappa shape index (κ3) is 9.23. The lowest BCUT2D eigenvalue weighted by Crippen LogP contribution is -2.47. The van der Waals surface area contributed by atoms with E-state index in [-0.39, 0.29) is 29.2 Å². The second-order valence-corrected chi connectivity index (χ2v) is 11.5. The standard InChI is InChI=1S/C33H44N2O10/c1-20(2)32(37)42-19-41-30-26(40-5)17-18-34-28(30)31(36)35-25-11-8-12-27(44-24-15-13-22(39-4)14-16-24)29(21(3)43-33(25)38)45-23-9-6-7-10-23/h13-18,20-21,23,25,27,29H,6-12,19H2,1-5H3,(H,35,36)/t21-,25-,27-,29-/m0/s1. The molecule has 2 fully saturated rings. The third-order valence-electron chi connectivity index (χ3n) is 7.88. The predicted octanol–water partition coefficient (Wildman–Crippen LogP) is 4.62. The van der Waals surface area contributed by atoms with Gasteiger partial charge in [-0.05, 0) is 63.3 Å². The van der Waals surface area contributed by atoms with E-state index in [0.717, 1.165) is 25.7 Å². The highest BCUT2D eigenvalue weighted by Crippen LogP contribution is 2.32. The van der Waals surface area contributed by atoms with Crippen molar-refractivity contribution >= 4 is 17.8 Å². The number of benzene rings is 1. The second-order valence-electron chi connectivity index (χ2n) is 11.5. The summed E-state index contributed by atoms with van der Waals surface area (Å²) in [5.41, 5.74) is -0.126. The molecule has 1 saturated heterocycles. The van der Waals surface area contributed by atoms with Crippen LogP contribution >= 0.6 is 0 Å². The van der Waals surface area contributed by atoms with Crippen molar-refractivity contribution in [1.29, 1.82) is 0 Å². The minimum absolute atomic E-state index is 0.0168. The molecule has 1 amide bonds. The molecule has 1 aromatic heterocycles. The van der Waals surface area contributed by atoms with E-state index in [4.69, 9.17) is 33.2 Å². The van der Waals surface area contributed by atoms with Gasteiger partial charge in [0.25, 0.3) is 5.91 Å². The molecule has 4 atom stereocenters. The largest absolute Gasteiger partial charge is 0.497 e. The molecule has 1 aromatic carbocycles. The van der Waals surface area contributed by atoms with Crippen molar-refractivity contribution in [2.45, 2.75) is 96.2 Å². The molecule has 0 unspecified atom stereocenters. The quantitative estimate of drug-likeness (QED) is 0.260. The SMILES string of the molecule is COc1ccc(O[C@H]2CCC[C@H](NC(=O)c3nccc(OC)c3OCOC(=O)C(C)C)C(=O)O[C@@H](C)[C@@H]2OC2CCCC2)cc1. The van der Waals surface area contributed by atoms with E-state index < -0.39 is 49.0 Å². The molecular formula is C33H44N2O10. The van der Waals surface area contributed by atoms with E-state index in [1.54, 1.807) is 27.9 Å². The van der Waals surface area contributed by atoms with Crippen LogP contribution in [0.2, 0.25) is 0 Å². The molecule has 0 bridgehead atoms. The summed E-state index contributed by atoms with van der Waals surface area (Å²) >= 11 is 0. The van der Waals surface area contributed by atoms with Crippen LogP contribution in [-0.4, -0.2) is 74.3 Å². The molecule has 1 N–H and O–H groups in total. The van der Waals surface area contributed by atoms with E-state index in [1.807, 2.05) is 24.3 Å². The van der Waals surface area contributed by atoms with Crippen molar-refractivity contribution in [3.8, 4) is 23.0 Å². The van der Waals surface area contributed by atoms with Crippen molar-refractivity contribution < 1.29 is 47.5 Å². The van der Waals surface area contributed by atoms with E-state index in [9.17, 15) is 14.4 Å². The number of ether oxygens (including phenoxy) is 7. The van der Waals surface area contributed by atoms with Gasteiger partial charge >= 0.3 is 11.9 Å². The van der Waals surface area contributed by atoms with E-state index in [1.165, 1.54) is 19.4 Å². The van der Waals surface area contributed by atoms with Gasteiger partial charge in [-0.15, -0.1) is 0 Å². The Morgan fingerprint density at radius 2 is 1.69 bits per heavy atom. The van der Waals surface area contributed by atoms with Crippen LogP contribution in [0.4, 0.5) is 0 Å². The lowest BCUT2D eigenvalue weighted by atomic mass is 10.0. The fraction of sp³-hybridized carbons (Fsp3) is 0.576. The monoisotopic (exact) mass is 628 g/mol. The Morgan fingerprint density at radius 1 is 0.978 bits per heavy atom. The normalized spacial score (nSPS) is 22.4. The van der Waals surface area contributed by atoms with Crippen LogP contribution in [0.15, 0.2) is 36.5 Å². The molecule has 1 aliphatic heterocycles. The summed E-state index contributed by atoms with van der Waals surface area (Å²) in [6.07, 6.45) is 5.35. The smallest absolute Gasteiger partial charge is 0.329 e. The molecule has 246 valence electrons. The van der Waals surface area contributed by atoms with Crippen LogP contribution in [0, 0.1) is 5.92 Å². The first-order valence-electron chi connectivity index (χ1n) is 15.5. The Labute approximate surface area is 264 Å². The maximum absolute atomic E-state index is 13.5. The Balaban J connectivity index is 1.50. The van der Waals surface area contributed by atoms with Gasteiger partial charge in [-0.2, -0.15) is 0 Å². The van der Waals surface area contributed by atoms with Gasteiger partial charge in [0.15, 0.2) is 17.2 Å². The molecule has 2 heterocycles. The van der Waals surface area contributed by atoms with E-state index in [2.05, 4.69) is 10.3 Å². The zero-order valence-electron chi connectivity index (χ0n) is 26.6. The van der Waals surface area contributed by atoms with Crippen LogP contribution in [0.25, 0.3) is 0 Å². The molecule has 4 rings (SSSR count). The number of amides is 1.